The second kappa shape index (κ2) is 42.0. The number of likely N-dealkylation sites (N-methyl/N-ethyl adjacent to an activating group) is 1. The average molecular weight is 865 g/mol. The Labute approximate surface area is 368 Å². The minimum atomic E-state index is -4.38. The van der Waals surface area contributed by atoms with Crippen LogP contribution in [-0.4, -0.2) is 74.9 Å². The number of hydrogen-bond acceptors (Lipinski definition) is 7. The second-order valence-electron chi connectivity index (χ2n) is 17.1. The molecule has 0 aromatic heterocycles. The summed E-state index contributed by atoms with van der Waals surface area (Å²) < 4.78 is 34.3. The number of nitrogens with zero attached hydrogens (tertiary/aromatic N) is 1. The summed E-state index contributed by atoms with van der Waals surface area (Å²) in [5.41, 5.74) is 0. The zero-order valence-electron chi connectivity index (χ0n) is 39.2. The van der Waals surface area contributed by atoms with Crippen LogP contribution in [0.1, 0.15) is 194 Å². The van der Waals surface area contributed by atoms with E-state index >= 15 is 0 Å². The molecule has 0 spiro atoms. The Bertz CT molecular complexity index is 1210. The monoisotopic (exact) mass is 865 g/mol. The van der Waals surface area contributed by atoms with Gasteiger partial charge in [0.2, 0.25) is 0 Å². The standard InChI is InChI=1S/C50H90NO8P/c1-6-8-10-12-14-16-17-18-19-20-21-22-23-24-25-26-27-28-29-30-31-32-33-35-37-39-41-43-50(53)59-48(47-58-60(54,55)57-45-44-51(3,4)5)46-56-49(52)42-40-38-36-34-15-13-11-9-7-2/h8,10,14,16,25-26,28-29,31-32,48H,6-7,9,11-13,15,17-24,27,30,33-47H2,1-5H3/p+1/b10-8-,16-14-,26-25-,29-28-,32-31-/t48-/m1/s1. The van der Waals surface area contributed by atoms with Crippen LogP contribution < -0.4 is 0 Å². The number of esters is 2. The van der Waals surface area contributed by atoms with Crippen molar-refractivity contribution in [2.45, 2.75) is 200 Å². The largest absolute Gasteiger partial charge is 0.472 e. The van der Waals surface area contributed by atoms with Crippen molar-refractivity contribution >= 4 is 19.8 Å². The topological polar surface area (TPSA) is 108 Å². The minimum Gasteiger partial charge on any atom is -0.462 e. The van der Waals surface area contributed by atoms with Gasteiger partial charge in [-0.2, -0.15) is 0 Å². The first-order chi connectivity index (χ1) is 29.0. The lowest BCUT2D eigenvalue weighted by Crippen LogP contribution is -2.37. The number of allylic oxidation sites excluding steroid dienone is 10. The third kappa shape index (κ3) is 45.2. The van der Waals surface area contributed by atoms with E-state index in [1.165, 1.54) is 89.9 Å². The number of quaternary nitrogens is 1. The smallest absolute Gasteiger partial charge is 0.462 e. The number of carbonyl (C=O) groups is 2. The summed E-state index contributed by atoms with van der Waals surface area (Å²) >= 11 is 0. The Morgan fingerprint density at radius 1 is 0.533 bits per heavy atom. The molecule has 0 heterocycles. The van der Waals surface area contributed by atoms with Gasteiger partial charge in [-0.3, -0.25) is 18.6 Å². The van der Waals surface area contributed by atoms with Crippen molar-refractivity contribution in [2.24, 2.45) is 0 Å². The molecule has 0 saturated heterocycles. The fraction of sp³-hybridized carbons (Fsp3) is 0.760. The molecular weight excluding hydrogens is 774 g/mol. The van der Waals surface area contributed by atoms with Crippen LogP contribution in [-0.2, 0) is 32.7 Å². The molecule has 10 heteroatoms. The fourth-order valence-corrected chi connectivity index (χ4v) is 7.04. The molecule has 1 N–H and O–H groups in total. The van der Waals surface area contributed by atoms with Crippen molar-refractivity contribution in [2.75, 3.05) is 47.5 Å². The van der Waals surface area contributed by atoms with Crippen LogP contribution in [0.15, 0.2) is 60.8 Å². The van der Waals surface area contributed by atoms with Crippen LogP contribution in [0.4, 0.5) is 0 Å². The van der Waals surface area contributed by atoms with Gasteiger partial charge in [-0.05, 0) is 77.0 Å². The maximum atomic E-state index is 12.7. The predicted molar refractivity (Wildman–Crippen MR) is 252 cm³/mol. The molecule has 0 aliphatic heterocycles. The van der Waals surface area contributed by atoms with Gasteiger partial charge in [0.25, 0.3) is 0 Å². The van der Waals surface area contributed by atoms with E-state index in [4.69, 9.17) is 18.5 Å². The molecule has 0 rings (SSSR count). The van der Waals surface area contributed by atoms with Gasteiger partial charge < -0.3 is 18.9 Å². The molecular formula is C50H91NO8P+. The highest BCUT2D eigenvalue weighted by molar-refractivity contribution is 7.47. The SMILES string of the molecule is CC/C=C\C/C=C\CCCCCCCC/C=C\C/C=C\C/C=C\CCCCCCC(=O)O[C@H](COC(=O)CCCCCCCCCCC)COP(=O)(O)OCC[N+](C)(C)C. The van der Waals surface area contributed by atoms with E-state index in [0.29, 0.717) is 17.4 Å². The summed E-state index contributed by atoms with van der Waals surface area (Å²) in [7, 11) is 1.46. The van der Waals surface area contributed by atoms with E-state index in [1.54, 1.807) is 0 Å². The van der Waals surface area contributed by atoms with Crippen molar-refractivity contribution in [1.29, 1.82) is 0 Å². The van der Waals surface area contributed by atoms with Crippen LogP contribution in [0.3, 0.4) is 0 Å². The summed E-state index contributed by atoms with van der Waals surface area (Å²) in [5.74, 6) is -0.828. The molecule has 0 amide bonds. The molecule has 2 atom stereocenters. The average Bonchev–Trinajstić information content (AvgIpc) is 3.20. The highest BCUT2D eigenvalue weighted by Gasteiger charge is 2.27. The van der Waals surface area contributed by atoms with Crippen LogP contribution in [0.25, 0.3) is 0 Å². The highest BCUT2D eigenvalue weighted by Crippen LogP contribution is 2.43. The number of hydrogen-bond donors (Lipinski definition) is 1. The molecule has 0 fully saturated rings. The quantitative estimate of drug-likeness (QED) is 0.0212. The van der Waals surface area contributed by atoms with Gasteiger partial charge in [0.15, 0.2) is 6.10 Å². The number of phosphoric acid groups is 1. The van der Waals surface area contributed by atoms with E-state index in [2.05, 4.69) is 74.6 Å². The van der Waals surface area contributed by atoms with Crippen molar-refractivity contribution in [3.05, 3.63) is 60.8 Å². The molecule has 0 bridgehead atoms. The van der Waals surface area contributed by atoms with Crippen molar-refractivity contribution in [1.82, 2.24) is 0 Å². The molecule has 60 heavy (non-hydrogen) atoms. The van der Waals surface area contributed by atoms with Gasteiger partial charge in [0.1, 0.15) is 19.8 Å². The molecule has 0 aliphatic carbocycles. The predicted octanol–water partition coefficient (Wildman–Crippen LogP) is 14.0. The van der Waals surface area contributed by atoms with Crippen LogP contribution in [0.2, 0.25) is 0 Å². The zero-order chi connectivity index (χ0) is 44.3. The Hall–Kier alpha value is -2.29. The second-order valence-corrected chi connectivity index (χ2v) is 18.6. The van der Waals surface area contributed by atoms with Crippen molar-refractivity contribution in [3.63, 3.8) is 0 Å². The van der Waals surface area contributed by atoms with E-state index in [-0.39, 0.29) is 32.0 Å². The Morgan fingerprint density at radius 3 is 1.42 bits per heavy atom. The van der Waals surface area contributed by atoms with E-state index in [0.717, 1.165) is 70.6 Å². The summed E-state index contributed by atoms with van der Waals surface area (Å²) in [4.78, 5) is 35.3. The normalized spacial score (nSPS) is 14.0. The molecule has 0 radical (unpaired) electrons. The fourth-order valence-electron chi connectivity index (χ4n) is 6.29. The van der Waals surface area contributed by atoms with E-state index in [1.807, 2.05) is 21.1 Å². The zero-order valence-corrected chi connectivity index (χ0v) is 40.1. The highest BCUT2D eigenvalue weighted by atomic mass is 31.2. The first-order valence-electron chi connectivity index (χ1n) is 24.0. The van der Waals surface area contributed by atoms with Gasteiger partial charge in [-0.1, -0.05) is 164 Å². The number of ether oxygens (including phenoxy) is 2. The maximum absolute atomic E-state index is 12.7. The van der Waals surface area contributed by atoms with Crippen LogP contribution >= 0.6 is 7.82 Å². The minimum absolute atomic E-state index is 0.0257. The molecule has 9 nitrogen and oxygen atoms in total. The third-order valence-corrected chi connectivity index (χ3v) is 11.0. The van der Waals surface area contributed by atoms with Gasteiger partial charge >= 0.3 is 19.8 Å². The number of carbonyl (C=O) groups excluding carboxylic acids is 2. The summed E-state index contributed by atoms with van der Waals surface area (Å²) in [6.45, 7) is 4.27. The van der Waals surface area contributed by atoms with Crippen molar-refractivity contribution < 1.29 is 42.1 Å². The lowest BCUT2D eigenvalue weighted by Gasteiger charge is -2.24. The molecule has 348 valence electrons. The molecule has 0 aromatic carbocycles. The first-order valence-corrected chi connectivity index (χ1v) is 25.5. The number of unbranched alkanes of at least 4 members (excludes halogenated alkanes) is 19. The van der Waals surface area contributed by atoms with Crippen LogP contribution in [0.5, 0.6) is 0 Å². The van der Waals surface area contributed by atoms with E-state index < -0.39 is 26.5 Å². The third-order valence-electron chi connectivity index (χ3n) is 10.0. The van der Waals surface area contributed by atoms with E-state index in [9.17, 15) is 19.0 Å². The van der Waals surface area contributed by atoms with Crippen LogP contribution in [0, 0.1) is 0 Å². The molecule has 0 aromatic rings. The van der Waals surface area contributed by atoms with Gasteiger partial charge in [0, 0.05) is 12.8 Å². The lowest BCUT2D eigenvalue weighted by molar-refractivity contribution is -0.870. The first kappa shape index (κ1) is 57.7. The number of phosphoric ester groups is 1. The van der Waals surface area contributed by atoms with Gasteiger partial charge in [-0.25, -0.2) is 4.57 Å². The Balaban J connectivity index is 4.21. The molecule has 0 aliphatic rings. The Kier molecular flexibility index (Phi) is 40.4. The maximum Gasteiger partial charge on any atom is 0.472 e. The van der Waals surface area contributed by atoms with Crippen molar-refractivity contribution in [3.8, 4) is 0 Å². The lowest BCUT2D eigenvalue weighted by atomic mass is 10.1. The van der Waals surface area contributed by atoms with Gasteiger partial charge in [0.05, 0.1) is 27.7 Å². The molecule has 1 unspecified atom stereocenters. The number of rotatable bonds is 43. The van der Waals surface area contributed by atoms with Gasteiger partial charge in [-0.15, -0.1) is 0 Å². The molecule has 0 saturated carbocycles. The summed E-state index contributed by atoms with van der Waals surface area (Å²) in [6, 6.07) is 0. The Morgan fingerprint density at radius 2 is 0.950 bits per heavy atom. The summed E-state index contributed by atoms with van der Waals surface area (Å²) in [5, 5.41) is 0. The summed E-state index contributed by atoms with van der Waals surface area (Å²) in [6.07, 6.45) is 51.5.